The number of sulfone groups is 1. The molecule has 1 aliphatic carbocycles. The van der Waals surface area contributed by atoms with Gasteiger partial charge in [0.25, 0.3) is 0 Å². The highest BCUT2D eigenvalue weighted by Crippen LogP contribution is 2.56. The van der Waals surface area contributed by atoms with Crippen LogP contribution in [-0.2, 0) is 19.4 Å². The molecule has 1 saturated carbocycles. The molecule has 5 nitrogen and oxygen atoms in total. The first-order chi connectivity index (χ1) is 6.84. The number of rotatable bonds is 2. The summed E-state index contributed by atoms with van der Waals surface area (Å²) in [6, 6.07) is 0. The Morgan fingerprint density at radius 3 is 2.60 bits per heavy atom. The van der Waals surface area contributed by atoms with E-state index in [1.54, 1.807) is 6.92 Å². The quantitative estimate of drug-likeness (QED) is 0.638. The van der Waals surface area contributed by atoms with E-state index in [-0.39, 0.29) is 24.2 Å². The number of hydrogen-bond donors (Lipinski definition) is 1. The minimum absolute atomic E-state index is 0.0156. The lowest BCUT2D eigenvalue weighted by Crippen LogP contribution is -2.54. The lowest BCUT2D eigenvalue weighted by Gasteiger charge is -2.23. The van der Waals surface area contributed by atoms with E-state index in [1.807, 2.05) is 6.92 Å². The molecule has 2 rings (SSSR count). The Hall–Kier alpha value is -0.620. The summed E-state index contributed by atoms with van der Waals surface area (Å²) < 4.78 is 28.1. The van der Waals surface area contributed by atoms with E-state index < -0.39 is 26.6 Å². The van der Waals surface area contributed by atoms with E-state index in [9.17, 15) is 13.2 Å². The normalized spacial score (nSPS) is 45.9. The summed E-state index contributed by atoms with van der Waals surface area (Å²) in [5, 5.41) is -0.424. The van der Waals surface area contributed by atoms with Gasteiger partial charge in [-0.25, -0.2) is 8.42 Å². The van der Waals surface area contributed by atoms with Crippen LogP contribution in [0, 0.1) is 11.8 Å². The molecule has 2 fully saturated rings. The van der Waals surface area contributed by atoms with E-state index in [1.165, 1.54) is 0 Å². The Morgan fingerprint density at radius 1 is 1.60 bits per heavy atom. The van der Waals surface area contributed by atoms with Crippen LogP contribution in [0.4, 0.5) is 0 Å². The van der Waals surface area contributed by atoms with Crippen molar-refractivity contribution < 1.29 is 17.9 Å². The van der Waals surface area contributed by atoms with Gasteiger partial charge in [-0.3, -0.25) is 4.79 Å². The van der Waals surface area contributed by atoms with Crippen LogP contribution in [-0.4, -0.2) is 37.5 Å². The third kappa shape index (κ3) is 1.31. The Morgan fingerprint density at radius 2 is 2.20 bits per heavy atom. The van der Waals surface area contributed by atoms with Crippen LogP contribution in [0.15, 0.2) is 0 Å². The van der Waals surface area contributed by atoms with Crippen molar-refractivity contribution in [1.29, 1.82) is 0 Å². The largest absolute Gasteiger partial charge is 0.465 e. The van der Waals surface area contributed by atoms with Crippen LogP contribution >= 0.6 is 0 Å². The molecule has 1 saturated heterocycles. The van der Waals surface area contributed by atoms with Crippen molar-refractivity contribution in [2.75, 3.05) is 12.4 Å². The Balaban J connectivity index is 2.29. The topological polar surface area (TPSA) is 86.5 Å². The van der Waals surface area contributed by atoms with E-state index in [2.05, 4.69) is 0 Å². The van der Waals surface area contributed by atoms with Crippen molar-refractivity contribution in [1.82, 2.24) is 0 Å². The molecule has 0 aromatic rings. The fraction of sp³-hybridized carbons (Fsp3) is 0.889. The minimum atomic E-state index is -3.20. The molecule has 0 spiro atoms. The zero-order valence-electron chi connectivity index (χ0n) is 8.76. The minimum Gasteiger partial charge on any atom is -0.465 e. The van der Waals surface area contributed by atoms with Gasteiger partial charge in [-0.05, 0) is 12.8 Å². The third-order valence-electron chi connectivity index (χ3n) is 3.40. The van der Waals surface area contributed by atoms with Gasteiger partial charge in [0.15, 0.2) is 9.84 Å². The number of esters is 1. The van der Waals surface area contributed by atoms with Crippen LogP contribution in [0.25, 0.3) is 0 Å². The molecular formula is C9H15NO4S. The van der Waals surface area contributed by atoms with E-state index in [0.29, 0.717) is 0 Å². The molecule has 0 unspecified atom stereocenters. The average molecular weight is 233 g/mol. The number of nitrogens with two attached hydrogens (primary N) is 1. The van der Waals surface area contributed by atoms with Crippen LogP contribution < -0.4 is 5.73 Å². The molecule has 2 N–H and O–H groups in total. The number of carbonyl (C=O) groups excluding carboxylic acids is 1. The second-order valence-electron chi connectivity index (χ2n) is 4.42. The number of carbonyl (C=O) groups is 1. The summed E-state index contributed by atoms with van der Waals surface area (Å²) in [4.78, 5) is 11.6. The zero-order valence-corrected chi connectivity index (χ0v) is 9.58. The molecular weight excluding hydrogens is 218 g/mol. The summed E-state index contributed by atoms with van der Waals surface area (Å²) in [6.07, 6.45) is 0. The van der Waals surface area contributed by atoms with Crippen LogP contribution in [0.5, 0.6) is 0 Å². The monoisotopic (exact) mass is 233 g/mol. The Kier molecular flexibility index (Phi) is 2.14. The predicted octanol–water partition coefficient (Wildman–Crippen LogP) is -0.690. The first-order valence-electron chi connectivity index (χ1n) is 5.02. The van der Waals surface area contributed by atoms with Gasteiger partial charge in [0.05, 0.1) is 17.6 Å². The van der Waals surface area contributed by atoms with Gasteiger partial charge in [0, 0.05) is 5.92 Å². The van der Waals surface area contributed by atoms with Crippen LogP contribution in [0.2, 0.25) is 0 Å². The molecule has 1 aliphatic heterocycles. The maximum Gasteiger partial charge on any atom is 0.327 e. The Labute approximate surface area is 88.9 Å². The number of fused-ring (bicyclic) bond motifs is 1. The van der Waals surface area contributed by atoms with Crippen molar-refractivity contribution >= 4 is 15.8 Å². The summed E-state index contributed by atoms with van der Waals surface area (Å²) in [6.45, 7) is 3.72. The van der Waals surface area contributed by atoms with Gasteiger partial charge in [0.1, 0.15) is 5.54 Å². The average Bonchev–Trinajstić information content (AvgIpc) is 2.71. The Bertz CT molecular complexity index is 404. The lowest BCUT2D eigenvalue weighted by atomic mass is 9.96. The fourth-order valence-corrected chi connectivity index (χ4v) is 5.56. The highest BCUT2D eigenvalue weighted by molar-refractivity contribution is 7.92. The van der Waals surface area contributed by atoms with Gasteiger partial charge < -0.3 is 10.5 Å². The molecule has 0 aromatic carbocycles. The van der Waals surface area contributed by atoms with Crippen LogP contribution in [0.3, 0.4) is 0 Å². The fourth-order valence-electron chi connectivity index (χ4n) is 2.72. The smallest absolute Gasteiger partial charge is 0.327 e. The summed E-state index contributed by atoms with van der Waals surface area (Å²) in [7, 11) is -3.20. The summed E-state index contributed by atoms with van der Waals surface area (Å²) in [5.41, 5.74) is 4.58. The van der Waals surface area contributed by atoms with Gasteiger partial charge in [-0.15, -0.1) is 0 Å². The van der Waals surface area contributed by atoms with Gasteiger partial charge in [-0.2, -0.15) is 0 Å². The number of hydrogen-bond acceptors (Lipinski definition) is 5. The van der Waals surface area contributed by atoms with Gasteiger partial charge >= 0.3 is 5.97 Å². The molecule has 0 amide bonds. The van der Waals surface area contributed by atoms with E-state index >= 15 is 0 Å². The molecule has 6 heteroatoms. The van der Waals surface area contributed by atoms with Gasteiger partial charge in [-0.1, -0.05) is 6.92 Å². The first kappa shape index (κ1) is 10.9. The molecule has 86 valence electrons. The highest BCUT2D eigenvalue weighted by Gasteiger charge is 2.73. The predicted molar refractivity (Wildman–Crippen MR) is 53.8 cm³/mol. The van der Waals surface area contributed by atoms with Crippen molar-refractivity contribution in [3.63, 3.8) is 0 Å². The molecule has 2 aliphatic rings. The lowest BCUT2D eigenvalue weighted by molar-refractivity contribution is -0.149. The zero-order chi connectivity index (χ0) is 11.4. The standard InChI is InChI=1S/C9H15NO4S/c1-3-14-8(11)9(10)4-15(12,13)7-5(2)6(7)9/h5-7H,3-4,10H2,1-2H3/t5-,6-,7+,9+/m1/s1. The number of ether oxygens (including phenoxy) is 1. The maximum absolute atomic E-state index is 11.7. The van der Waals surface area contributed by atoms with Crippen molar-refractivity contribution in [2.45, 2.75) is 24.6 Å². The van der Waals surface area contributed by atoms with Crippen molar-refractivity contribution in [3.8, 4) is 0 Å². The third-order valence-corrected chi connectivity index (χ3v) is 5.83. The summed E-state index contributed by atoms with van der Waals surface area (Å²) >= 11 is 0. The molecule has 4 atom stereocenters. The highest BCUT2D eigenvalue weighted by atomic mass is 32.2. The van der Waals surface area contributed by atoms with Gasteiger partial charge in [0.2, 0.25) is 0 Å². The maximum atomic E-state index is 11.7. The van der Waals surface area contributed by atoms with E-state index in [4.69, 9.17) is 10.5 Å². The van der Waals surface area contributed by atoms with Crippen molar-refractivity contribution in [2.24, 2.45) is 17.6 Å². The molecule has 0 bridgehead atoms. The molecule has 15 heavy (non-hydrogen) atoms. The van der Waals surface area contributed by atoms with Crippen LogP contribution in [0.1, 0.15) is 13.8 Å². The molecule has 0 radical (unpaired) electrons. The van der Waals surface area contributed by atoms with Crippen molar-refractivity contribution in [3.05, 3.63) is 0 Å². The second kappa shape index (κ2) is 2.95. The first-order valence-corrected chi connectivity index (χ1v) is 6.74. The molecule has 1 heterocycles. The summed E-state index contributed by atoms with van der Waals surface area (Å²) in [5.74, 6) is -1.11. The SMILES string of the molecule is CCOC(=O)[C@]1(N)CS(=O)(=O)[C@H]2[C@H](C)[C@H]21. The second-order valence-corrected chi connectivity index (χ2v) is 6.58. The van der Waals surface area contributed by atoms with E-state index in [0.717, 1.165) is 0 Å². The molecule has 0 aromatic heterocycles.